The first kappa shape index (κ1) is 16.9. The Morgan fingerprint density at radius 2 is 1.14 bits per heavy atom. The minimum absolute atomic E-state index is 2.93. The molecule has 0 atom stereocenters. The first-order valence-corrected chi connectivity index (χ1v) is 8.68. The molecule has 0 aliphatic carbocycles. The molecule has 0 rings (SSSR count). The van der Waals surface area contributed by atoms with Gasteiger partial charge < -0.3 is 14.7 Å². The zero-order chi connectivity index (χ0) is 12.2. The molecule has 0 bridgehead atoms. The average molecular weight is 340 g/mol. The molecule has 14 heteroatoms. The summed E-state index contributed by atoms with van der Waals surface area (Å²) in [7, 11) is -9.72. The summed E-state index contributed by atoms with van der Waals surface area (Å²) in [6.45, 7) is 0. The molecule has 88 valence electrons. The summed E-state index contributed by atoms with van der Waals surface area (Å²) in [5.41, 5.74) is 0. The molecule has 6 N–H and O–H groups in total. The van der Waals surface area contributed by atoms with E-state index in [4.69, 9.17) is 32.8 Å². The SMILES string of the molecule is O=P(O)(O)O.O=P(O)(O)[O][Mo](=[O])(=[O])[OH]. The van der Waals surface area contributed by atoms with Gasteiger partial charge in [-0.15, -0.1) is 0 Å². The first-order valence-electron chi connectivity index (χ1n) is 2.23. The monoisotopic (exact) mass is 342 g/mol. The minimum atomic E-state index is -6.03. The molecule has 0 unspecified atom stereocenters. The van der Waals surface area contributed by atoms with Crippen molar-refractivity contribution < 1.29 is 64.1 Å². The molecule has 0 aliphatic rings. The van der Waals surface area contributed by atoms with Gasteiger partial charge in [0.05, 0.1) is 0 Å². The zero-order valence-electron chi connectivity index (χ0n) is 6.03. The predicted octanol–water partition coefficient (Wildman–Crippen LogP) is -2.17. The van der Waals surface area contributed by atoms with Crippen molar-refractivity contribution in [1.82, 2.24) is 0 Å². The van der Waals surface area contributed by atoms with E-state index >= 15 is 0 Å². The van der Waals surface area contributed by atoms with Gasteiger partial charge in [-0.2, -0.15) is 0 Å². The van der Waals surface area contributed by atoms with Gasteiger partial charge in [-0.05, 0) is 0 Å². The molecule has 0 fully saturated rings. The molecule has 0 saturated heterocycles. The fourth-order valence-corrected chi connectivity index (χ4v) is 2.18. The first-order chi connectivity index (χ1) is 5.71. The van der Waals surface area contributed by atoms with Gasteiger partial charge in [-0.3, -0.25) is 0 Å². The van der Waals surface area contributed by atoms with E-state index in [2.05, 4.69) is 3.18 Å². The van der Waals surface area contributed by atoms with Crippen LogP contribution < -0.4 is 0 Å². The van der Waals surface area contributed by atoms with Crippen LogP contribution in [0.5, 0.6) is 0 Å². The molecule has 0 saturated carbocycles. The normalized spacial score (nSPS) is 13.0. The third-order valence-corrected chi connectivity index (χ3v) is 3.40. The van der Waals surface area contributed by atoms with E-state index < -0.39 is 32.4 Å². The molecule has 11 nitrogen and oxygen atoms in total. The number of hydrogen-bond donors (Lipinski definition) is 6. The van der Waals surface area contributed by atoms with E-state index in [0.717, 1.165) is 0 Å². The Bertz CT molecular complexity index is 327. The summed E-state index contributed by atoms with van der Waals surface area (Å²) in [4.78, 5) is 37.0. The van der Waals surface area contributed by atoms with Crippen LogP contribution in [0, 0.1) is 0 Å². The van der Waals surface area contributed by atoms with Gasteiger partial charge in [0.2, 0.25) is 0 Å². The summed E-state index contributed by atoms with van der Waals surface area (Å²) < 4.78 is 48.3. The Hall–Kier alpha value is 0.468. The summed E-state index contributed by atoms with van der Waals surface area (Å²) in [5.74, 6) is 0. The maximum absolute atomic E-state index is 9.61. The second kappa shape index (κ2) is 5.52. The number of phosphoric acid groups is 2. The van der Waals surface area contributed by atoms with E-state index in [1.54, 1.807) is 0 Å². The fraction of sp³-hybridized carbons (Fsp3) is 0. The molecule has 0 amide bonds. The van der Waals surface area contributed by atoms with E-state index in [1.165, 1.54) is 0 Å². The zero-order valence-corrected chi connectivity index (χ0v) is 9.82. The second-order valence-electron chi connectivity index (χ2n) is 1.51. The topological polar surface area (TPSA) is 199 Å². The van der Waals surface area contributed by atoms with Crippen molar-refractivity contribution >= 4 is 15.6 Å². The maximum atomic E-state index is 9.61. The van der Waals surface area contributed by atoms with Crippen LogP contribution >= 0.6 is 15.6 Å². The average Bonchev–Trinajstić information content (AvgIpc) is 1.42. The van der Waals surface area contributed by atoms with Crippen LogP contribution in [0.2, 0.25) is 0 Å². The summed E-state index contributed by atoms with van der Waals surface area (Å²) in [5, 5.41) is 0. The van der Waals surface area contributed by atoms with Gasteiger partial charge in [0, 0.05) is 0 Å². The van der Waals surface area contributed by atoms with E-state index in [1.807, 2.05) is 0 Å². The molecule has 0 aromatic carbocycles. The van der Waals surface area contributed by atoms with Crippen LogP contribution in [0.4, 0.5) is 0 Å². The Kier molecular flexibility index (Phi) is 6.66. The van der Waals surface area contributed by atoms with Crippen LogP contribution in [0.3, 0.4) is 0 Å². The quantitative estimate of drug-likeness (QED) is 0.236. The molecule has 0 spiro atoms. The van der Waals surface area contributed by atoms with Crippen molar-refractivity contribution in [3.63, 3.8) is 0 Å². The third-order valence-electron chi connectivity index (χ3n) is 0.191. The van der Waals surface area contributed by atoms with Crippen LogP contribution in [0.1, 0.15) is 0 Å². The van der Waals surface area contributed by atoms with Gasteiger partial charge in [0.15, 0.2) is 0 Å². The van der Waals surface area contributed by atoms with Gasteiger partial charge in [-0.1, -0.05) is 0 Å². The Labute approximate surface area is 80.2 Å². The molecule has 0 aliphatic heterocycles. The molecule has 0 heterocycles. The van der Waals surface area contributed by atoms with Crippen LogP contribution in [-0.2, 0) is 35.8 Å². The predicted molar refractivity (Wildman–Crippen MR) is 31.0 cm³/mol. The van der Waals surface area contributed by atoms with Gasteiger partial charge in [-0.25, -0.2) is 4.57 Å². The fourth-order valence-electron chi connectivity index (χ4n) is 0.123. The number of rotatable bonds is 2. The summed E-state index contributed by atoms with van der Waals surface area (Å²) in [6.07, 6.45) is 0. The molecular formula is H6MoO11P2. The van der Waals surface area contributed by atoms with Crippen molar-refractivity contribution in [2.45, 2.75) is 0 Å². The van der Waals surface area contributed by atoms with Crippen LogP contribution in [-0.4, -0.2) is 28.2 Å². The van der Waals surface area contributed by atoms with Crippen LogP contribution in [0.25, 0.3) is 0 Å². The van der Waals surface area contributed by atoms with Crippen molar-refractivity contribution in [1.29, 1.82) is 0 Å². The molecule has 0 aromatic rings. The molecule has 14 heavy (non-hydrogen) atoms. The molecular weight excluding hydrogens is 334 g/mol. The Morgan fingerprint density at radius 1 is 0.929 bits per heavy atom. The number of hydrogen-bond acceptors (Lipinski definition) is 5. The summed E-state index contributed by atoms with van der Waals surface area (Å²) in [6, 6.07) is 0. The van der Waals surface area contributed by atoms with E-state index in [-0.39, 0.29) is 0 Å². The van der Waals surface area contributed by atoms with E-state index in [9.17, 15) is 11.4 Å². The molecule has 0 radical (unpaired) electrons. The van der Waals surface area contributed by atoms with E-state index in [0.29, 0.717) is 0 Å². The van der Waals surface area contributed by atoms with Crippen molar-refractivity contribution in [2.75, 3.05) is 0 Å². The standard InChI is InChI=1S/Mo.2H3O4P.H2O.2O/c;2*1-5(2,3)4;;;/h;2*(H3,1,2,3,4);1H2;;/q+2;;;;;/p-2. The Balaban J connectivity index is 0. The summed E-state index contributed by atoms with van der Waals surface area (Å²) >= 11 is -6.03. The molecule has 0 aromatic heterocycles. The Morgan fingerprint density at radius 3 is 1.14 bits per heavy atom. The van der Waals surface area contributed by atoms with Crippen LogP contribution in [0.15, 0.2) is 0 Å². The van der Waals surface area contributed by atoms with Crippen molar-refractivity contribution in [2.24, 2.45) is 0 Å². The van der Waals surface area contributed by atoms with Crippen molar-refractivity contribution in [3.8, 4) is 0 Å². The second-order valence-corrected chi connectivity index (χ2v) is 6.86. The van der Waals surface area contributed by atoms with Gasteiger partial charge in [0.25, 0.3) is 0 Å². The van der Waals surface area contributed by atoms with Gasteiger partial charge >= 0.3 is 60.5 Å². The third kappa shape index (κ3) is 39.2. The van der Waals surface area contributed by atoms with Gasteiger partial charge in [0.1, 0.15) is 0 Å². The van der Waals surface area contributed by atoms with Crippen molar-refractivity contribution in [3.05, 3.63) is 0 Å².